The van der Waals surface area contributed by atoms with Crippen molar-refractivity contribution in [1.29, 1.82) is 0 Å². The van der Waals surface area contributed by atoms with Gasteiger partial charge in [-0.2, -0.15) is 0 Å². The fourth-order valence-electron chi connectivity index (χ4n) is 6.85. The monoisotopic (exact) mass is 594 g/mol. The zero-order valence-corrected chi connectivity index (χ0v) is 25.0. The minimum Gasteiger partial charge on any atom is -0.226 e. The zero-order valence-electron chi connectivity index (χ0n) is 23.4. The van der Waals surface area contributed by atoms with E-state index in [4.69, 9.17) is 9.97 Å². The highest BCUT2D eigenvalue weighted by Gasteiger charge is 2.20. The summed E-state index contributed by atoms with van der Waals surface area (Å²) >= 11 is 3.70. The van der Waals surface area contributed by atoms with Crippen molar-refractivity contribution < 1.29 is 0 Å². The minimum atomic E-state index is 0.756. The van der Waals surface area contributed by atoms with Crippen LogP contribution in [0, 0.1) is 0 Å². The number of fused-ring (bicyclic) bond motifs is 13. The summed E-state index contributed by atoms with van der Waals surface area (Å²) in [5.41, 5.74) is 4.15. The molecule has 10 aromatic rings. The van der Waals surface area contributed by atoms with Crippen LogP contribution in [0.4, 0.5) is 0 Å². The highest BCUT2D eigenvalue weighted by Crippen LogP contribution is 2.46. The molecular formula is C40H22N2S2. The van der Waals surface area contributed by atoms with Gasteiger partial charge in [-0.15, -0.1) is 22.7 Å². The zero-order chi connectivity index (χ0) is 28.8. The predicted molar refractivity (Wildman–Crippen MR) is 191 cm³/mol. The lowest BCUT2D eigenvalue weighted by Gasteiger charge is -2.12. The number of hydrogen-bond acceptors (Lipinski definition) is 4. The van der Waals surface area contributed by atoms with Crippen molar-refractivity contribution in [3.63, 3.8) is 0 Å². The lowest BCUT2D eigenvalue weighted by Crippen LogP contribution is -1.94. The van der Waals surface area contributed by atoms with E-state index in [0.29, 0.717) is 0 Å². The molecule has 0 saturated heterocycles. The molecular weight excluding hydrogens is 573 g/mol. The first-order chi connectivity index (χ1) is 21.8. The van der Waals surface area contributed by atoms with E-state index in [-0.39, 0.29) is 0 Å². The van der Waals surface area contributed by atoms with Crippen LogP contribution in [-0.4, -0.2) is 9.97 Å². The van der Waals surface area contributed by atoms with Gasteiger partial charge in [-0.05, 0) is 44.5 Å². The van der Waals surface area contributed by atoms with Crippen LogP contribution in [0.1, 0.15) is 0 Å². The summed E-state index contributed by atoms with van der Waals surface area (Å²) in [4.78, 5) is 10.6. The molecule has 0 saturated carbocycles. The van der Waals surface area contributed by atoms with Gasteiger partial charge < -0.3 is 0 Å². The van der Waals surface area contributed by atoms with Gasteiger partial charge in [0.05, 0.1) is 25.3 Å². The van der Waals surface area contributed by atoms with Gasteiger partial charge in [-0.1, -0.05) is 121 Å². The average Bonchev–Trinajstić information content (AvgIpc) is 3.67. The Bertz CT molecular complexity index is 2740. The van der Waals surface area contributed by atoms with Crippen LogP contribution in [0.15, 0.2) is 133 Å². The minimum absolute atomic E-state index is 0.756. The van der Waals surface area contributed by atoms with E-state index in [2.05, 4.69) is 133 Å². The average molecular weight is 595 g/mol. The molecule has 0 atom stereocenters. The lowest BCUT2D eigenvalue weighted by molar-refractivity contribution is 1.24. The summed E-state index contributed by atoms with van der Waals surface area (Å²) in [5, 5.41) is 11.4. The number of thiophene rings is 2. The second-order valence-electron chi connectivity index (χ2n) is 11.3. The Balaban J connectivity index is 1.30. The first-order valence-corrected chi connectivity index (χ1v) is 16.4. The smallest absolute Gasteiger partial charge is 0.160 e. The van der Waals surface area contributed by atoms with Gasteiger partial charge in [0.15, 0.2) is 5.82 Å². The molecule has 204 valence electrons. The fraction of sp³-hybridized carbons (Fsp3) is 0. The van der Waals surface area contributed by atoms with Crippen molar-refractivity contribution >= 4 is 95.5 Å². The molecule has 0 spiro atoms. The lowest BCUT2D eigenvalue weighted by atomic mass is 9.93. The van der Waals surface area contributed by atoms with E-state index < -0.39 is 0 Å². The van der Waals surface area contributed by atoms with Crippen molar-refractivity contribution in [2.24, 2.45) is 0 Å². The number of nitrogens with zero attached hydrogens (tertiary/aromatic N) is 2. The van der Waals surface area contributed by atoms with Gasteiger partial charge >= 0.3 is 0 Å². The molecule has 0 aliphatic carbocycles. The summed E-state index contributed by atoms with van der Waals surface area (Å²) in [6.45, 7) is 0. The van der Waals surface area contributed by atoms with Crippen molar-refractivity contribution in [2.75, 3.05) is 0 Å². The SMILES string of the molecule is c1ccc(-c2nc(-c3ccc4c5ccccc5c5ccccc5c4c3)nc3c2sc2c3ccc3c4ccccc4sc32)cc1. The molecule has 2 nitrogen and oxygen atoms in total. The van der Waals surface area contributed by atoms with E-state index in [9.17, 15) is 0 Å². The molecule has 0 fully saturated rings. The van der Waals surface area contributed by atoms with E-state index >= 15 is 0 Å². The van der Waals surface area contributed by atoms with Gasteiger partial charge in [-0.25, -0.2) is 9.97 Å². The van der Waals surface area contributed by atoms with Gasteiger partial charge in [-0.3, -0.25) is 0 Å². The molecule has 3 heterocycles. The fourth-order valence-corrected chi connectivity index (χ4v) is 9.44. The molecule has 44 heavy (non-hydrogen) atoms. The van der Waals surface area contributed by atoms with Gasteiger partial charge in [0.25, 0.3) is 0 Å². The third-order valence-electron chi connectivity index (χ3n) is 8.88. The normalized spacial score (nSPS) is 12.1. The van der Waals surface area contributed by atoms with Crippen LogP contribution >= 0.6 is 22.7 Å². The van der Waals surface area contributed by atoms with E-state index in [1.165, 1.54) is 62.6 Å². The van der Waals surface area contributed by atoms with Crippen LogP contribution < -0.4 is 0 Å². The summed E-state index contributed by atoms with van der Waals surface area (Å²) in [5.74, 6) is 0.756. The molecule has 0 unspecified atom stereocenters. The molecule has 3 aromatic heterocycles. The molecule has 0 N–H and O–H groups in total. The highest BCUT2D eigenvalue weighted by atomic mass is 32.1. The Morgan fingerprint density at radius 1 is 0.364 bits per heavy atom. The van der Waals surface area contributed by atoms with Crippen molar-refractivity contribution in [2.45, 2.75) is 0 Å². The van der Waals surface area contributed by atoms with Crippen LogP contribution in [0.5, 0.6) is 0 Å². The molecule has 10 rings (SSSR count). The van der Waals surface area contributed by atoms with Crippen LogP contribution in [0.2, 0.25) is 0 Å². The summed E-state index contributed by atoms with van der Waals surface area (Å²) in [6, 6.07) is 48.0. The summed E-state index contributed by atoms with van der Waals surface area (Å²) < 4.78 is 5.07. The number of rotatable bonds is 2. The third-order valence-corrected chi connectivity index (χ3v) is 11.4. The standard InChI is InChI=1S/C40H22N2S2/c1-2-10-23(11-3-1)35-39-36(32-21-20-31-30-16-8-9-17-34(30)43-37(31)38(32)44-39)42-40(41-35)24-18-19-29-27-14-5-4-12-25(27)26-13-6-7-15-28(26)33(29)22-24/h1-22H. The Morgan fingerprint density at radius 2 is 0.932 bits per heavy atom. The Kier molecular flexibility index (Phi) is 5.06. The van der Waals surface area contributed by atoms with Crippen LogP contribution in [0.25, 0.3) is 95.4 Å². The quantitative estimate of drug-likeness (QED) is 0.186. The maximum absolute atomic E-state index is 5.33. The second-order valence-corrected chi connectivity index (χ2v) is 13.4. The van der Waals surface area contributed by atoms with Crippen molar-refractivity contribution in [3.05, 3.63) is 133 Å². The Morgan fingerprint density at radius 3 is 1.68 bits per heavy atom. The first-order valence-electron chi connectivity index (χ1n) is 14.8. The van der Waals surface area contributed by atoms with Crippen LogP contribution in [-0.2, 0) is 0 Å². The molecule has 0 aliphatic rings. The summed E-state index contributed by atoms with van der Waals surface area (Å²) in [6.07, 6.45) is 0. The first kappa shape index (κ1) is 24.3. The number of hydrogen-bond donors (Lipinski definition) is 0. The topological polar surface area (TPSA) is 25.8 Å². The maximum Gasteiger partial charge on any atom is 0.160 e. The summed E-state index contributed by atoms with van der Waals surface area (Å²) in [7, 11) is 0. The van der Waals surface area contributed by atoms with Gasteiger partial charge in [0.2, 0.25) is 0 Å². The number of aromatic nitrogens is 2. The Hall–Kier alpha value is -5.16. The molecule has 7 aromatic carbocycles. The molecule has 0 aliphatic heterocycles. The van der Waals surface area contributed by atoms with Gasteiger partial charge in [0.1, 0.15) is 0 Å². The predicted octanol–water partition coefficient (Wildman–Crippen LogP) is 12.0. The maximum atomic E-state index is 5.33. The largest absolute Gasteiger partial charge is 0.226 e. The van der Waals surface area contributed by atoms with E-state index in [1.807, 2.05) is 22.7 Å². The Labute approximate surface area is 260 Å². The second kappa shape index (κ2) is 9.17. The van der Waals surface area contributed by atoms with Crippen molar-refractivity contribution in [1.82, 2.24) is 9.97 Å². The number of benzene rings is 7. The highest BCUT2D eigenvalue weighted by molar-refractivity contribution is 7.33. The van der Waals surface area contributed by atoms with Crippen LogP contribution in [0.3, 0.4) is 0 Å². The molecule has 4 heteroatoms. The molecule has 0 radical (unpaired) electrons. The van der Waals surface area contributed by atoms with E-state index in [1.54, 1.807) is 0 Å². The van der Waals surface area contributed by atoms with Crippen molar-refractivity contribution in [3.8, 4) is 22.6 Å². The molecule has 0 amide bonds. The third kappa shape index (κ3) is 3.41. The van der Waals surface area contributed by atoms with E-state index in [0.717, 1.165) is 32.9 Å². The van der Waals surface area contributed by atoms with Gasteiger partial charge in [0, 0.05) is 32.0 Å². The molecule has 0 bridgehead atoms.